The van der Waals surface area contributed by atoms with E-state index in [9.17, 15) is 9.59 Å². The highest BCUT2D eigenvalue weighted by atomic mass is 16.4. The van der Waals surface area contributed by atoms with Gasteiger partial charge in [-0.2, -0.15) is 0 Å². The summed E-state index contributed by atoms with van der Waals surface area (Å²) in [4.78, 5) is 25.2. The number of hydrogen-bond donors (Lipinski definition) is 3. The zero-order chi connectivity index (χ0) is 12.0. The van der Waals surface area contributed by atoms with Crippen molar-refractivity contribution in [3.05, 3.63) is 29.6 Å². The van der Waals surface area contributed by atoms with E-state index in [4.69, 9.17) is 5.11 Å². The first-order chi connectivity index (χ1) is 7.59. The number of aliphatic carboxylic acids is 1. The van der Waals surface area contributed by atoms with E-state index < -0.39 is 12.0 Å². The molecule has 0 unspecified atom stereocenters. The summed E-state index contributed by atoms with van der Waals surface area (Å²) in [6.45, 7) is 1.85. The van der Waals surface area contributed by atoms with Gasteiger partial charge in [0.15, 0.2) is 0 Å². The summed E-state index contributed by atoms with van der Waals surface area (Å²) < 4.78 is 0. The molecule has 1 aromatic heterocycles. The minimum absolute atomic E-state index is 0.347. The molecule has 0 aliphatic carbocycles. The third-order valence-electron chi connectivity index (χ3n) is 1.98. The average molecular weight is 223 g/mol. The van der Waals surface area contributed by atoms with Crippen LogP contribution in [0.1, 0.15) is 11.1 Å². The topological polar surface area (TPSA) is 91.3 Å². The number of carbonyl (C=O) groups is 2. The normalized spacial score (nSPS) is 9.56. The maximum atomic E-state index is 11.1. The Morgan fingerprint density at radius 3 is 2.81 bits per heavy atom. The number of aryl methyl sites for hydroxylation is 1. The van der Waals surface area contributed by atoms with Crippen LogP contribution in [-0.4, -0.2) is 28.6 Å². The SMILES string of the molecule is Cc1cnccc1CNC(=O)NCC(=O)O. The van der Waals surface area contributed by atoms with Crippen molar-refractivity contribution in [3.63, 3.8) is 0 Å². The second kappa shape index (κ2) is 5.69. The molecule has 0 spiro atoms. The molecule has 0 aliphatic rings. The molecule has 1 aromatic rings. The van der Waals surface area contributed by atoms with Crippen molar-refractivity contribution in [2.45, 2.75) is 13.5 Å². The van der Waals surface area contributed by atoms with Gasteiger partial charge in [0.25, 0.3) is 0 Å². The van der Waals surface area contributed by atoms with Crippen molar-refractivity contribution in [2.24, 2.45) is 0 Å². The number of hydrogen-bond acceptors (Lipinski definition) is 3. The molecule has 0 bridgehead atoms. The molecule has 2 amide bonds. The minimum atomic E-state index is -1.07. The molecule has 0 saturated heterocycles. The van der Waals surface area contributed by atoms with Crippen LogP contribution in [0.3, 0.4) is 0 Å². The van der Waals surface area contributed by atoms with Gasteiger partial charge < -0.3 is 15.7 Å². The molecule has 0 atom stereocenters. The molecular formula is C10H13N3O3. The molecule has 1 heterocycles. The van der Waals surface area contributed by atoms with Crippen molar-refractivity contribution >= 4 is 12.0 Å². The van der Waals surface area contributed by atoms with E-state index in [1.54, 1.807) is 18.5 Å². The largest absolute Gasteiger partial charge is 0.480 e. The van der Waals surface area contributed by atoms with E-state index in [2.05, 4.69) is 15.6 Å². The summed E-state index contributed by atoms with van der Waals surface area (Å²) in [6.07, 6.45) is 3.34. The zero-order valence-electron chi connectivity index (χ0n) is 8.86. The summed E-state index contributed by atoms with van der Waals surface area (Å²) in [5.41, 5.74) is 1.92. The number of pyridine rings is 1. The predicted octanol–water partition coefficient (Wildman–Crippen LogP) is 0.274. The van der Waals surface area contributed by atoms with Crippen molar-refractivity contribution in [2.75, 3.05) is 6.54 Å². The Kier molecular flexibility index (Phi) is 4.26. The number of nitrogens with zero attached hydrogens (tertiary/aromatic N) is 1. The number of amides is 2. The van der Waals surface area contributed by atoms with Gasteiger partial charge in [-0.3, -0.25) is 9.78 Å². The zero-order valence-corrected chi connectivity index (χ0v) is 8.86. The van der Waals surface area contributed by atoms with Crippen LogP contribution in [0.4, 0.5) is 4.79 Å². The molecule has 1 rings (SSSR count). The fourth-order valence-electron chi connectivity index (χ4n) is 1.09. The van der Waals surface area contributed by atoms with Gasteiger partial charge in [-0.15, -0.1) is 0 Å². The second-order valence-electron chi connectivity index (χ2n) is 3.23. The molecule has 16 heavy (non-hydrogen) atoms. The van der Waals surface area contributed by atoms with Gasteiger partial charge in [0.2, 0.25) is 0 Å². The lowest BCUT2D eigenvalue weighted by atomic mass is 10.1. The van der Waals surface area contributed by atoms with Gasteiger partial charge in [-0.25, -0.2) is 4.79 Å². The third kappa shape index (κ3) is 3.95. The van der Waals surface area contributed by atoms with Crippen molar-refractivity contribution < 1.29 is 14.7 Å². The Morgan fingerprint density at radius 2 is 2.19 bits per heavy atom. The van der Waals surface area contributed by atoms with Gasteiger partial charge >= 0.3 is 12.0 Å². The number of urea groups is 1. The Balaban J connectivity index is 2.37. The van der Waals surface area contributed by atoms with E-state index in [1.807, 2.05) is 6.92 Å². The highest BCUT2D eigenvalue weighted by molar-refractivity contribution is 5.79. The summed E-state index contributed by atoms with van der Waals surface area (Å²) in [6, 6.07) is 1.30. The highest BCUT2D eigenvalue weighted by Crippen LogP contribution is 2.03. The van der Waals surface area contributed by atoms with Crippen LogP contribution in [0.5, 0.6) is 0 Å². The first-order valence-corrected chi connectivity index (χ1v) is 4.72. The molecule has 3 N–H and O–H groups in total. The average Bonchev–Trinajstić information content (AvgIpc) is 2.25. The molecule has 0 aromatic carbocycles. The fourth-order valence-corrected chi connectivity index (χ4v) is 1.09. The van der Waals surface area contributed by atoms with Crippen LogP contribution in [0.25, 0.3) is 0 Å². The third-order valence-corrected chi connectivity index (χ3v) is 1.98. The minimum Gasteiger partial charge on any atom is -0.480 e. The Bertz CT molecular complexity index is 393. The van der Waals surface area contributed by atoms with Crippen LogP contribution in [0.15, 0.2) is 18.5 Å². The van der Waals surface area contributed by atoms with Crippen molar-refractivity contribution in [1.29, 1.82) is 0 Å². The van der Waals surface area contributed by atoms with Crippen LogP contribution in [0, 0.1) is 6.92 Å². The summed E-state index contributed by atoms with van der Waals surface area (Å²) >= 11 is 0. The van der Waals surface area contributed by atoms with Gasteiger partial charge in [0.05, 0.1) is 0 Å². The first kappa shape index (κ1) is 12.0. The maximum Gasteiger partial charge on any atom is 0.323 e. The van der Waals surface area contributed by atoms with E-state index in [1.165, 1.54) is 0 Å². The maximum absolute atomic E-state index is 11.1. The second-order valence-corrected chi connectivity index (χ2v) is 3.23. The molecule has 6 heteroatoms. The number of rotatable bonds is 4. The molecule has 0 radical (unpaired) electrons. The first-order valence-electron chi connectivity index (χ1n) is 4.72. The number of nitrogens with one attached hydrogen (secondary N) is 2. The van der Waals surface area contributed by atoms with Gasteiger partial charge in [-0.05, 0) is 24.1 Å². The standard InChI is InChI=1S/C10H13N3O3/c1-7-4-11-3-2-8(7)5-12-10(16)13-6-9(14)15/h2-4H,5-6H2,1H3,(H,14,15)(H2,12,13,16). The van der Waals surface area contributed by atoms with Gasteiger partial charge in [-0.1, -0.05) is 0 Å². The number of carboxylic acid groups (broad SMARTS) is 1. The van der Waals surface area contributed by atoms with Gasteiger partial charge in [0.1, 0.15) is 6.54 Å². The van der Waals surface area contributed by atoms with E-state index in [0.717, 1.165) is 11.1 Å². The summed E-state index contributed by atoms with van der Waals surface area (Å²) in [7, 11) is 0. The van der Waals surface area contributed by atoms with Gasteiger partial charge in [0, 0.05) is 18.9 Å². The van der Waals surface area contributed by atoms with E-state index in [0.29, 0.717) is 6.54 Å². The van der Waals surface area contributed by atoms with Crippen LogP contribution >= 0.6 is 0 Å². The van der Waals surface area contributed by atoms with Crippen LogP contribution in [-0.2, 0) is 11.3 Å². The highest BCUT2D eigenvalue weighted by Gasteiger charge is 2.03. The lowest BCUT2D eigenvalue weighted by Gasteiger charge is -2.07. The Hall–Kier alpha value is -2.11. The van der Waals surface area contributed by atoms with Crippen LogP contribution in [0.2, 0.25) is 0 Å². The number of carboxylic acids is 1. The summed E-state index contributed by atoms with van der Waals surface area (Å²) in [5, 5.41) is 13.1. The lowest BCUT2D eigenvalue weighted by molar-refractivity contribution is -0.135. The molecule has 0 saturated carbocycles. The Morgan fingerprint density at radius 1 is 1.44 bits per heavy atom. The van der Waals surface area contributed by atoms with Crippen LogP contribution < -0.4 is 10.6 Å². The molecule has 0 aliphatic heterocycles. The van der Waals surface area contributed by atoms with Crippen molar-refractivity contribution in [3.8, 4) is 0 Å². The van der Waals surface area contributed by atoms with Crippen molar-refractivity contribution in [1.82, 2.24) is 15.6 Å². The Labute approximate surface area is 92.7 Å². The monoisotopic (exact) mass is 223 g/mol. The predicted molar refractivity (Wildman–Crippen MR) is 56.8 cm³/mol. The molecule has 6 nitrogen and oxygen atoms in total. The number of carbonyl (C=O) groups excluding carboxylic acids is 1. The molecule has 0 fully saturated rings. The molecular weight excluding hydrogens is 210 g/mol. The number of aromatic nitrogens is 1. The van der Waals surface area contributed by atoms with E-state index >= 15 is 0 Å². The lowest BCUT2D eigenvalue weighted by Crippen LogP contribution is -2.38. The quantitative estimate of drug-likeness (QED) is 0.683. The fraction of sp³-hybridized carbons (Fsp3) is 0.300. The summed E-state index contributed by atoms with van der Waals surface area (Å²) in [5.74, 6) is -1.07. The smallest absolute Gasteiger partial charge is 0.323 e. The molecule has 86 valence electrons. The van der Waals surface area contributed by atoms with E-state index in [-0.39, 0.29) is 6.54 Å².